The molecule has 0 saturated heterocycles. The second kappa shape index (κ2) is 5.82. The number of H-pyrrole nitrogens is 1. The van der Waals surface area contributed by atoms with Gasteiger partial charge in [0.2, 0.25) is 0 Å². The van der Waals surface area contributed by atoms with Crippen molar-refractivity contribution in [1.82, 2.24) is 4.98 Å². The van der Waals surface area contributed by atoms with Crippen molar-refractivity contribution in [2.45, 2.75) is 13.5 Å². The summed E-state index contributed by atoms with van der Waals surface area (Å²) < 4.78 is 5.55. The van der Waals surface area contributed by atoms with Crippen molar-refractivity contribution in [2.24, 2.45) is 0 Å². The summed E-state index contributed by atoms with van der Waals surface area (Å²) in [5.74, 6) is 0.844. The molecular weight excluding hydrogens is 204 g/mol. The lowest BCUT2D eigenvalue weighted by molar-refractivity contribution is -0.378. The minimum absolute atomic E-state index is 0. The summed E-state index contributed by atoms with van der Waals surface area (Å²) in [6, 6.07) is 7.78. The zero-order chi connectivity index (χ0) is 10.5. The quantitative estimate of drug-likeness (QED) is 0.786. The number of pyridine rings is 2. The highest BCUT2D eigenvalue weighted by Crippen LogP contribution is 2.08. The van der Waals surface area contributed by atoms with Gasteiger partial charge in [-0.3, -0.25) is 4.98 Å². The predicted octanol–water partition coefficient (Wildman–Crippen LogP) is 1.61. The molecule has 0 aliphatic rings. The van der Waals surface area contributed by atoms with Gasteiger partial charge in [0.25, 0.3) is 0 Å². The standard InChI is InChI=1S/C12H12N2O.H2O/c1-10-2-3-11(14-8-10)9-15-12-4-6-13-7-5-12;/h2-8H,9H2,1H3;1H2. The van der Waals surface area contributed by atoms with E-state index in [1.165, 1.54) is 0 Å². The Labute approximate surface area is 94.3 Å². The fraction of sp³-hybridized carbons (Fsp3) is 0.167. The molecule has 2 heterocycles. The molecule has 0 aromatic carbocycles. The third kappa shape index (κ3) is 3.33. The molecule has 0 spiro atoms. The van der Waals surface area contributed by atoms with Gasteiger partial charge in [0.15, 0.2) is 12.4 Å². The van der Waals surface area contributed by atoms with Crippen LogP contribution in [0.1, 0.15) is 11.3 Å². The zero-order valence-electron chi connectivity index (χ0n) is 9.05. The summed E-state index contributed by atoms with van der Waals surface area (Å²) in [6.07, 6.45) is 5.51. The number of aromatic nitrogens is 2. The topological polar surface area (TPSA) is 66.3 Å². The molecule has 0 radical (unpaired) electrons. The first-order chi connectivity index (χ1) is 7.34. The molecule has 2 N–H and O–H groups in total. The Hall–Kier alpha value is -1.94. The molecule has 0 bridgehead atoms. The zero-order valence-corrected chi connectivity index (χ0v) is 9.05. The molecule has 0 aliphatic carbocycles. The van der Waals surface area contributed by atoms with Gasteiger partial charge in [0, 0.05) is 18.3 Å². The van der Waals surface area contributed by atoms with Gasteiger partial charge in [0.1, 0.15) is 12.4 Å². The average molecular weight is 218 g/mol. The van der Waals surface area contributed by atoms with Crippen LogP contribution < -0.4 is 9.72 Å². The second-order valence-corrected chi connectivity index (χ2v) is 3.35. The summed E-state index contributed by atoms with van der Waals surface area (Å²) in [5.41, 5.74) is 2.10. The first-order valence-electron chi connectivity index (χ1n) is 4.85. The van der Waals surface area contributed by atoms with Gasteiger partial charge in [-0.15, -0.1) is 0 Å². The van der Waals surface area contributed by atoms with E-state index in [2.05, 4.69) is 9.97 Å². The molecule has 0 atom stereocenters. The maximum Gasteiger partial charge on any atom is 0.170 e. The Morgan fingerprint density at radius 2 is 1.94 bits per heavy atom. The molecule has 0 aliphatic heterocycles. The molecular formula is C12H14N2O2. The maximum atomic E-state index is 5.55. The van der Waals surface area contributed by atoms with E-state index >= 15 is 0 Å². The van der Waals surface area contributed by atoms with E-state index in [1.54, 1.807) is 0 Å². The first kappa shape index (κ1) is 12.1. The maximum absolute atomic E-state index is 5.55. The summed E-state index contributed by atoms with van der Waals surface area (Å²) in [5, 5.41) is 0. The summed E-state index contributed by atoms with van der Waals surface area (Å²) in [7, 11) is 0. The Balaban J connectivity index is 0.00000128. The SMILES string of the molecule is Cc1ccc(COc2cc[nH+]cc2)nc1.[OH-]. The largest absolute Gasteiger partial charge is 0.870 e. The van der Waals surface area contributed by atoms with Crippen molar-refractivity contribution in [3.8, 4) is 5.75 Å². The van der Waals surface area contributed by atoms with E-state index < -0.39 is 0 Å². The summed E-state index contributed by atoms with van der Waals surface area (Å²) in [6.45, 7) is 2.52. The van der Waals surface area contributed by atoms with Crippen molar-refractivity contribution < 1.29 is 15.2 Å². The van der Waals surface area contributed by atoms with Crippen LogP contribution >= 0.6 is 0 Å². The normalized spacial score (nSPS) is 9.31. The molecule has 4 heteroatoms. The van der Waals surface area contributed by atoms with Crippen LogP contribution in [0.25, 0.3) is 0 Å². The van der Waals surface area contributed by atoms with Crippen LogP contribution in [0.5, 0.6) is 5.75 Å². The van der Waals surface area contributed by atoms with Gasteiger partial charge in [0.05, 0.1) is 5.69 Å². The minimum Gasteiger partial charge on any atom is -0.870 e. The fourth-order valence-corrected chi connectivity index (χ4v) is 1.21. The third-order valence-electron chi connectivity index (χ3n) is 2.05. The number of nitrogens with one attached hydrogen (secondary N) is 1. The highest BCUT2D eigenvalue weighted by molar-refractivity contribution is 5.16. The van der Waals surface area contributed by atoms with Crippen LogP contribution in [0.15, 0.2) is 42.9 Å². The number of ether oxygens (including phenoxy) is 1. The van der Waals surface area contributed by atoms with Gasteiger partial charge < -0.3 is 10.2 Å². The van der Waals surface area contributed by atoms with Crippen LogP contribution in [0.2, 0.25) is 0 Å². The monoisotopic (exact) mass is 218 g/mol. The summed E-state index contributed by atoms with van der Waals surface area (Å²) in [4.78, 5) is 7.20. The molecule has 0 amide bonds. The molecule has 0 unspecified atom stereocenters. The van der Waals surface area contributed by atoms with Crippen LogP contribution in [-0.2, 0) is 6.61 Å². The van der Waals surface area contributed by atoms with Crippen molar-refractivity contribution in [3.05, 3.63) is 54.1 Å². The molecule has 0 fully saturated rings. The Bertz CT molecular complexity index is 415. The van der Waals surface area contributed by atoms with Crippen molar-refractivity contribution in [1.29, 1.82) is 0 Å². The lowest BCUT2D eigenvalue weighted by atomic mass is 10.3. The predicted molar refractivity (Wildman–Crippen MR) is 58.2 cm³/mol. The van der Waals surface area contributed by atoms with Gasteiger partial charge >= 0.3 is 0 Å². The van der Waals surface area contributed by atoms with E-state index in [9.17, 15) is 0 Å². The number of rotatable bonds is 3. The van der Waals surface area contributed by atoms with E-state index in [1.807, 2.05) is 49.8 Å². The molecule has 16 heavy (non-hydrogen) atoms. The first-order valence-corrected chi connectivity index (χ1v) is 4.85. The highest BCUT2D eigenvalue weighted by Gasteiger charge is 1.97. The van der Waals surface area contributed by atoms with Gasteiger partial charge in [-0.05, 0) is 18.6 Å². The molecule has 2 aromatic rings. The van der Waals surface area contributed by atoms with Crippen LogP contribution in [-0.4, -0.2) is 10.5 Å². The number of aromatic amines is 1. The lowest BCUT2D eigenvalue weighted by Crippen LogP contribution is -2.01. The van der Waals surface area contributed by atoms with Gasteiger partial charge in [-0.1, -0.05) is 6.07 Å². The van der Waals surface area contributed by atoms with Crippen LogP contribution in [0, 0.1) is 6.92 Å². The molecule has 2 rings (SSSR count). The second-order valence-electron chi connectivity index (χ2n) is 3.35. The molecule has 0 saturated carbocycles. The van der Waals surface area contributed by atoms with E-state index in [0.29, 0.717) is 6.61 Å². The van der Waals surface area contributed by atoms with Gasteiger partial charge in [-0.25, -0.2) is 4.98 Å². The molecule has 84 valence electrons. The van der Waals surface area contributed by atoms with E-state index in [4.69, 9.17) is 4.74 Å². The lowest BCUT2D eigenvalue weighted by Gasteiger charge is -2.03. The smallest absolute Gasteiger partial charge is 0.170 e. The fourth-order valence-electron chi connectivity index (χ4n) is 1.21. The highest BCUT2D eigenvalue weighted by atomic mass is 16.5. The Morgan fingerprint density at radius 1 is 1.19 bits per heavy atom. The average Bonchev–Trinajstić information content (AvgIpc) is 2.30. The Kier molecular flexibility index (Phi) is 4.42. The van der Waals surface area contributed by atoms with Crippen LogP contribution in [0.4, 0.5) is 0 Å². The number of hydrogen-bond acceptors (Lipinski definition) is 3. The van der Waals surface area contributed by atoms with Crippen molar-refractivity contribution >= 4 is 0 Å². The third-order valence-corrected chi connectivity index (χ3v) is 2.05. The van der Waals surface area contributed by atoms with Crippen molar-refractivity contribution in [3.63, 3.8) is 0 Å². The molecule has 2 aromatic heterocycles. The van der Waals surface area contributed by atoms with Gasteiger partial charge in [-0.2, -0.15) is 0 Å². The van der Waals surface area contributed by atoms with E-state index in [-0.39, 0.29) is 5.48 Å². The number of hydrogen-bond donors (Lipinski definition) is 0. The van der Waals surface area contributed by atoms with Crippen molar-refractivity contribution in [2.75, 3.05) is 0 Å². The molecule has 4 nitrogen and oxygen atoms in total. The minimum atomic E-state index is 0. The summed E-state index contributed by atoms with van der Waals surface area (Å²) >= 11 is 0. The number of aryl methyl sites for hydroxylation is 1. The number of nitrogens with zero attached hydrogens (tertiary/aromatic N) is 1. The van der Waals surface area contributed by atoms with Crippen LogP contribution in [0.3, 0.4) is 0 Å². The van der Waals surface area contributed by atoms with E-state index in [0.717, 1.165) is 17.0 Å². The Morgan fingerprint density at radius 3 is 2.56 bits per heavy atom.